The molecule has 2 aliphatic heterocycles. The lowest BCUT2D eigenvalue weighted by atomic mass is 10.1. The van der Waals surface area contributed by atoms with Gasteiger partial charge in [0.25, 0.3) is 5.56 Å². The number of esters is 1. The Labute approximate surface area is 163 Å². The summed E-state index contributed by atoms with van der Waals surface area (Å²) in [6.07, 6.45) is 5.91. The van der Waals surface area contributed by atoms with Gasteiger partial charge in [-0.25, -0.2) is 9.78 Å². The zero-order valence-corrected chi connectivity index (χ0v) is 16.9. The molecule has 1 unspecified atom stereocenters. The number of thiophene rings is 1. The summed E-state index contributed by atoms with van der Waals surface area (Å²) in [4.78, 5) is 34.1. The zero-order valence-electron chi connectivity index (χ0n) is 16.1. The van der Waals surface area contributed by atoms with Gasteiger partial charge < -0.3 is 4.74 Å². The maximum absolute atomic E-state index is 13.0. The largest absolute Gasteiger partial charge is 0.457 e. The van der Waals surface area contributed by atoms with Crippen LogP contribution in [0.4, 0.5) is 0 Å². The summed E-state index contributed by atoms with van der Waals surface area (Å²) < 4.78 is 7.61. The number of piperidine rings is 1. The van der Waals surface area contributed by atoms with Crippen molar-refractivity contribution in [2.75, 3.05) is 19.6 Å². The molecular formula is C20H27N3O3S. The third-order valence-corrected chi connectivity index (χ3v) is 6.95. The fraction of sp³-hybridized carbons (Fsp3) is 0.650. The van der Waals surface area contributed by atoms with Crippen LogP contribution in [0.1, 0.15) is 60.1 Å². The number of ether oxygens (including phenoxy) is 1. The molecule has 1 atom stereocenters. The lowest BCUT2D eigenvalue weighted by Gasteiger charge is -2.31. The quantitative estimate of drug-likeness (QED) is 0.755. The molecule has 2 aliphatic rings. The molecule has 0 N–H and O–H groups in total. The van der Waals surface area contributed by atoms with Gasteiger partial charge in [-0.15, -0.1) is 11.3 Å². The lowest BCUT2D eigenvalue weighted by Crippen LogP contribution is -2.40. The number of carbonyl (C=O) groups is 1. The molecule has 0 radical (unpaired) electrons. The van der Waals surface area contributed by atoms with Crippen LogP contribution in [-0.4, -0.2) is 46.2 Å². The van der Waals surface area contributed by atoms with Crippen LogP contribution >= 0.6 is 11.3 Å². The Kier molecular flexibility index (Phi) is 5.32. The minimum atomic E-state index is -0.307. The van der Waals surface area contributed by atoms with Gasteiger partial charge in [-0.2, -0.15) is 0 Å². The van der Waals surface area contributed by atoms with Crippen molar-refractivity contribution < 1.29 is 9.53 Å². The molecule has 0 bridgehead atoms. The average Bonchev–Trinajstić information content (AvgIpc) is 2.84. The second-order valence-electron chi connectivity index (χ2n) is 7.59. The van der Waals surface area contributed by atoms with Crippen molar-refractivity contribution in [2.24, 2.45) is 0 Å². The zero-order chi connectivity index (χ0) is 19.0. The first-order valence-electron chi connectivity index (χ1n) is 10.0. The molecule has 6 nitrogen and oxygen atoms in total. The summed E-state index contributed by atoms with van der Waals surface area (Å²) in [7, 11) is 0. The minimum Gasteiger partial charge on any atom is -0.457 e. The molecule has 27 heavy (non-hydrogen) atoms. The van der Waals surface area contributed by atoms with Gasteiger partial charge in [-0.3, -0.25) is 14.3 Å². The minimum absolute atomic E-state index is 0.000440. The van der Waals surface area contributed by atoms with Crippen LogP contribution in [0.3, 0.4) is 0 Å². The summed E-state index contributed by atoms with van der Waals surface area (Å²) in [5, 5.41) is 0.594. The van der Waals surface area contributed by atoms with Crippen molar-refractivity contribution in [2.45, 2.75) is 65.0 Å². The van der Waals surface area contributed by atoms with Crippen LogP contribution in [0, 0.1) is 6.92 Å². The molecule has 2 aromatic rings. The average molecular weight is 390 g/mol. The van der Waals surface area contributed by atoms with Gasteiger partial charge in [0.05, 0.1) is 5.39 Å². The Bertz CT molecular complexity index is 917. The number of nitrogens with zero attached hydrogens (tertiary/aromatic N) is 3. The Morgan fingerprint density at radius 3 is 2.93 bits per heavy atom. The van der Waals surface area contributed by atoms with E-state index in [1.54, 1.807) is 0 Å². The molecule has 4 heterocycles. The van der Waals surface area contributed by atoms with Gasteiger partial charge in [0.15, 0.2) is 0 Å². The van der Waals surface area contributed by atoms with Crippen LogP contribution in [0.2, 0.25) is 0 Å². The highest BCUT2D eigenvalue weighted by atomic mass is 32.1. The van der Waals surface area contributed by atoms with Crippen molar-refractivity contribution in [1.82, 2.24) is 14.5 Å². The third kappa shape index (κ3) is 3.55. The van der Waals surface area contributed by atoms with Gasteiger partial charge in [0.2, 0.25) is 0 Å². The van der Waals surface area contributed by atoms with E-state index in [1.165, 1.54) is 11.3 Å². The highest BCUT2D eigenvalue weighted by molar-refractivity contribution is 7.20. The molecule has 0 spiro atoms. The van der Waals surface area contributed by atoms with E-state index in [1.807, 2.05) is 11.5 Å². The number of rotatable bonds is 3. The fourth-order valence-corrected chi connectivity index (χ4v) is 5.28. The molecule has 146 valence electrons. The second-order valence-corrected chi connectivity index (χ2v) is 8.59. The number of aromatic nitrogens is 2. The van der Waals surface area contributed by atoms with E-state index in [9.17, 15) is 9.59 Å². The molecule has 0 saturated carbocycles. The van der Waals surface area contributed by atoms with E-state index in [4.69, 9.17) is 9.72 Å². The molecule has 1 saturated heterocycles. The summed E-state index contributed by atoms with van der Waals surface area (Å²) in [6.45, 7) is 7.54. The maximum atomic E-state index is 13.0. The van der Waals surface area contributed by atoms with Crippen molar-refractivity contribution in [3.8, 4) is 0 Å². The smallest absolute Gasteiger partial charge is 0.349 e. The monoisotopic (exact) mass is 389 g/mol. The summed E-state index contributed by atoms with van der Waals surface area (Å²) >= 11 is 1.31. The van der Waals surface area contributed by atoms with E-state index < -0.39 is 0 Å². The predicted molar refractivity (Wildman–Crippen MR) is 107 cm³/mol. The number of carbonyl (C=O) groups excluding carboxylic acids is 1. The number of aryl methyl sites for hydroxylation is 2. The number of fused-ring (bicyclic) bond motifs is 2. The number of hydrogen-bond acceptors (Lipinski definition) is 6. The first kappa shape index (κ1) is 18.6. The molecule has 2 aromatic heterocycles. The van der Waals surface area contributed by atoms with E-state index in [0.717, 1.165) is 76.1 Å². The molecule has 7 heteroatoms. The van der Waals surface area contributed by atoms with Crippen LogP contribution < -0.4 is 5.56 Å². The van der Waals surface area contributed by atoms with Gasteiger partial charge in [-0.1, -0.05) is 13.3 Å². The maximum Gasteiger partial charge on any atom is 0.349 e. The van der Waals surface area contributed by atoms with Gasteiger partial charge in [-0.05, 0) is 51.3 Å². The topological polar surface area (TPSA) is 64.4 Å². The Morgan fingerprint density at radius 1 is 1.26 bits per heavy atom. The first-order valence-corrected chi connectivity index (χ1v) is 10.9. The van der Waals surface area contributed by atoms with Crippen LogP contribution in [0.25, 0.3) is 10.2 Å². The normalized spacial score (nSPS) is 21.0. The summed E-state index contributed by atoms with van der Waals surface area (Å²) in [5.41, 5.74) is 0.722. The van der Waals surface area contributed by atoms with Gasteiger partial charge in [0, 0.05) is 19.5 Å². The highest BCUT2D eigenvalue weighted by Gasteiger charge is 2.27. The second kappa shape index (κ2) is 7.72. The standard InChI is InChI=1S/C20H27N3O3S/c1-3-22-10-7-8-14(12-22)26-20(25)17-13(2)16-18(27-17)21-15-9-5-4-6-11-23(15)19(16)24/h14H,3-12H2,1-2H3. The number of likely N-dealkylation sites (N-methyl/N-ethyl adjacent to an activating group) is 1. The molecule has 0 aromatic carbocycles. The van der Waals surface area contributed by atoms with Gasteiger partial charge >= 0.3 is 5.97 Å². The summed E-state index contributed by atoms with van der Waals surface area (Å²) in [5.74, 6) is 0.551. The third-order valence-electron chi connectivity index (χ3n) is 5.78. The molecule has 1 fully saturated rings. The highest BCUT2D eigenvalue weighted by Crippen LogP contribution is 2.29. The SMILES string of the molecule is CCN1CCCC(OC(=O)c2sc3nc4n(c(=O)c3c2C)CCCCC4)C1. The summed E-state index contributed by atoms with van der Waals surface area (Å²) in [6, 6.07) is 0. The molecule has 4 rings (SSSR count). The predicted octanol–water partition coefficient (Wildman–Crippen LogP) is 3.13. The number of likely N-dealkylation sites (tertiary alicyclic amines) is 1. The Hall–Kier alpha value is -1.73. The van der Waals surface area contributed by atoms with E-state index >= 15 is 0 Å². The first-order chi connectivity index (χ1) is 13.1. The Morgan fingerprint density at radius 2 is 2.11 bits per heavy atom. The van der Waals surface area contributed by atoms with Gasteiger partial charge in [0.1, 0.15) is 21.6 Å². The van der Waals surface area contributed by atoms with Crippen LogP contribution in [0.15, 0.2) is 4.79 Å². The number of hydrogen-bond donors (Lipinski definition) is 0. The van der Waals surface area contributed by atoms with Crippen molar-refractivity contribution in [3.05, 3.63) is 26.6 Å². The van der Waals surface area contributed by atoms with E-state index in [2.05, 4.69) is 11.8 Å². The molecule has 0 aliphatic carbocycles. The molecule has 0 amide bonds. The van der Waals surface area contributed by atoms with Crippen LogP contribution in [-0.2, 0) is 17.7 Å². The Balaban J connectivity index is 1.64. The van der Waals surface area contributed by atoms with E-state index in [0.29, 0.717) is 15.1 Å². The lowest BCUT2D eigenvalue weighted by molar-refractivity contribution is 0.00819. The van der Waals surface area contributed by atoms with Crippen molar-refractivity contribution >= 4 is 27.5 Å². The fourth-order valence-electron chi connectivity index (χ4n) is 4.21. The van der Waals surface area contributed by atoms with Crippen molar-refractivity contribution in [1.29, 1.82) is 0 Å². The molecular weight excluding hydrogens is 362 g/mol. The van der Waals surface area contributed by atoms with Crippen molar-refractivity contribution in [3.63, 3.8) is 0 Å². The van der Waals surface area contributed by atoms with E-state index in [-0.39, 0.29) is 17.6 Å². The van der Waals surface area contributed by atoms with Crippen LogP contribution in [0.5, 0.6) is 0 Å².